The monoisotopic (exact) mass is 425 g/mol. The Balaban J connectivity index is 1.53. The van der Waals surface area contributed by atoms with Crippen molar-refractivity contribution in [2.24, 2.45) is 0 Å². The van der Waals surface area contributed by atoms with Crippen molar-refractivity contribution in [3.05, 3.63) is 47.2 Å². The van der Waals surface area contributed by atoms with Crippen molar-refractivity contribution in [3.8, 4) is 17.0 Å². The number of nitrogens with one attached hydrogen (secondary N) is 1. The standard InChI is InChI=1S/C22H23N3O6/c1-22(2,3)31-21(28)25-8-4-5-17(25)20(27)30-13-6-7-14-18(9-13)29-11-15(19(14)26)16-10-23-12-24-16/h6-7,9-12,17H,4-5,8H2,1-3H3,(H,23,24)/t17-/m1/s1. The topological polar surface area (TPSA) is 115 Å². The van der Waals surface area contributed by atoms with E-state index >= 15 is 0 Å². The number of H-pyrrole nitrogens is 1. The number of amides is 1. The van der Waals surface area contributed by atoms with Gasteiger partial charge in [0.1, 0.15) is 29.2 Å². The largest absolute Gasteiger partial charge is 0.463 e. The molecule has 3 heterocycles. The fourth-order valence-electron chi connectivity index (χ4n) is 3.50. The summed E-state index contributed by atoms with van der Waals surface area (Å²) in [6.45, 7) is 5.75. The highest BCUT2D eigenvalue weighted by molar-refractivity contribution is 5.86. The maximum absolute atomic E-state index is 12.7. The number of benzene rings is 1. The van der Waals surface area contributed by atoms with Crippen LogP contribution in [0.4, 0.5) is 4.79 Å². The predicted molar refractivity (Wildman–Crippen MR) is 112 cm³/mol. The molecule has 0 radical (unpaired) electrons. The van der Waals surface area contributed by atoms with E-state index in [0.29, 0.717) is 36.0 Å². The first-order valence-corrected chi connectivity index (χ1v) is 9.98. The van der Waals surface area contributed by atoms with Gasteiger partial charge in [-0.3, -0.25) is 9.69 Å². The first-order chi connectivity index (χ1) is 14.7. The van der Waals surface area contributed by atoms with Crippen LogP contribution >= 0.6 is 0 Å². The number of imidazole rings is 1. The Morgan fingerprint density at radius 1 is 1.29 bits per heavy atom. The summed E-state index contributed by atoms with van der Waals surface area (Å²) >= 11 is 0. The summed E-state index contributed by atoms with van der Waals surface area (Å²) in [6.07, 6.45) is 4.99. The lowest BCUT2D eigenvalue weighted by Gasteiger charge is -2.27. The number of hydrogen-bond acceptors (Lipinski definition) is 7. The third kappa shape index (κ3) is 4.30. The molecule has 0 spiro atoms. The summed E-state index contributed by atoms with van der Waals surface area (Å²) in [5.74, 6) is -0.329. The molecule has 31 heavy (non-hydrogen) atoms. The van der Waals surface area contributed by atoms with Crippen LogP contribution < -0.4 is 10.2 Å². The SMILES string of the molecule is CC(C)(C)OC(=O)N1CCC[C@@H]1C(=O)Oc1ccc2c(=O)c(-c3cnc[nH]3)coc2c1. The van der Waals surface area contributed by atoms with E-state index in [1.54, 1.807) is 26.8 Å². The van der Waals surface area contributed by atoms with Crippen molar-refractivity contribution < 1.29 is 23.5 Å². The van der Waals surface area contributed by atoms with Gasteiger partial charge in [-0.1, -0.05) is 0 Å². The first-order valence-electron chi connectivity index (χ1n) is 9.98. The zero-order chi connectivity index (χ0) is 22.2. The molecular formula is C22H23N3O6. The van der Waals surface area contributed by atoms with E-state index in [4.69, 9.17) is 13.9 Å². The first kappa shape index (κ1) is 20.6. The highest BCUT2D eigenvalue weighted by Gasteiger charge is 2.38. The molecule has 1 atom stereocenters. The van der Waals surface area contributed by atoms with Crippen LogP contribution in [0.5, 0.6) is 5.75 Å². The second-order valence-corrected chi connectivity index (χ2v) is 8.35. The lowest BCUT2D eigenvalue weighted by atomic mass is 10.1. The van der Waals surface area contributed by atoms with Crippen LogP contribution in [-0.2, 0) is 9.53 Å². The molecule has 0 aliphatic carbocycles. The second-order valence-electron chi connectivity index (χ2n) is 8.35. The van der Waals surface area contributed by atoms with Gasteiger partial charge in [0.2, 0.25) is 5.43 Å². The molecule has 1 fully saturated rings. The molecule has 1 saturated heterocycles. The minimum Gasteiger partial charge on any atom is -0.463 e. The predicted octanol–water partition coefficient (Wildman–Crippen LogP) is 3.49. The Kier molecular flexibility index (Phi) is 5.26. The summed E-state index contributed by atoms with van der Waals surface area (Å²) < 4.78 is 16.5. The van der Waals surface area contributed by atoms with Gasteiger partial charge in [0, 0.05) is 12.6 Å². The molecule has 1 amide bonds. The van der Waals surface area contributed by atoms with Gasteiger partial charge in [0.15, 0.2) is 0 Å². The zero-order valence-electron chi connectivity index (χ0n) is 17.5. The van der Waals surface area contributed by atoms with Gasteiger partial charge < -0.3 is 18.9 Å². The van der Waals surface area contributed by atoms with Crippen molar-refractivity contribution in [3.63, 3.8) is 0 Å². The van der Waals surface area contributed by atoms with Crippen LogP contribution in [0.3, 0.4) is 0 Å². The van der Waals surface area contributed by atoms with E-state index in [1.807, 2.05) is 0 Å². The second kappa shape index (κ2) is 7.90. The molecule has 0 unspecified atom stereocenters. The maximum Gasteiger partial charge on any atom is 0.411 e. The third-order valence-electron chi connectivity index (χ3n) is 4.91. The molecule has 1 aliphatic rings. The Morgan fingerprint density at radius 2 is 2.10 bits per heavy atom. The molecular weight excluding hydrogens is 402 g/mol. The zero-order valence-corrected chi connectivity index (χ0v) is 17.5. The van der Waals surface area contributed by atoms with E-state index < -0.39 is 23.7 Å². The molecule has 3 aromatic rings. The van der Waals surface area contributed by atoms with Gasteiger partial charge >= 0.3 is 12.1 Å². The molecule has 0 bridgehead atoms. The van der Waals surface area contributed by atoms with E-state index in [-0.39, 0.29) is 16.8 Å². The number of ether oxygens (including phenoxy) is 2. The lowest BCUT2D eigenvalue weighted by Crippen LogP contribution is -2.44. The highest BCUT2D eigenvalue weighted by atomic mass is 16.6. The summed E-state index contributed by atoms with van der Waals surface area (Å²) in [7, 11) is 0. The Morgan fingerprint density at radius 3 is 2.81 bits per heavy atom. The van der Waals surface area contributed by atoms with Gasteiger partial charge in [-0.15, -0.1) is 0 Å². The Hall–Kier alpha value is -3.62. The van der Waals surface area contributed by atoms with Crippen LogP contribution in [0.2, 0.25) is 0 Å². The lowest BCUT2D eigenvalue weighted by molar-refractivity contribution is -0.139. The number of aromatic nitrogens is 2. The molecule has 1 aliphatic heterocycles. The van der Waals surface area contributed by atoms with Gasteiger partial charge in [-0.05, 0) is 45.7 Å². The van der Waals surface area contributed by atoms with Gasteiger partial charge in [-0.2, -0.15) is 0 Å². The van der Waals surface area contributed by atoms with E-state index in [1.165, 1.54) is 35.8 Å². The maximum atomic E-state index is 12.7. The normalized spacial score (nSPS) is 16.5. The summed E-state index contributed by atoms with van der Waals surface area (Å²) in [6, 6.07) is 3.84. The summed E-state index contributed by atoms with van der Waals surface area (Å²) in [5, 5.41) is 0.350. The number of carbonyl (C=O) groups is 2. The molecule has 4 rings (SSSR count). The average Bonchev–Trinajstić information content (AvgIpc) is 3.39. The van der Waals surface area contributed by atoms with Crippen molar-refractivity contribution in [1.82, 2.24) is 14.9 Å². The molecule has 2 aromatic heterocycles. The fraction of sp³-hybridized carbons (Fsp3) is 0.364. The fourth-order valence-corrected chi connectivity index (χ4v) is 3.50. The van der Waals surface area contributed by atoms with Gasteiger partial charge in [-0.25, -0.2) is 14.6 Å². The van der Waals surface area contributed by atoms with E-state index in [9.17, 15) is 14.4 Å². The Bertz CT molecular complexity index is 1180. The van der Waals surface area contributed by atoms with Crippen molar-refractivity contribution in [2.45, 2.75) is 45.3 Å². The number of nitrogens with zero attached hydrogens (tertiary/aromatic N) is 2. The van der Waals surface area contributed by atoms with Crippen LogP contribution in [-0.4, -0.2) is 45.1 Å². The van der Waals surface area contributed by atoms with Crippen LogP contribution in [0, 0.1) is 0 Å². The molecule has 1 aromatic carbocycles. The van der Waals surface area contributed by atoms with Crippen molar-refractivity contribution in [2.75, 3.05) is 6.54 Å². The number of rotatable bonds is 3. The van der Waals surface area contributed by atoms with Crippen molar-refractivity contribution >= 4 is 23.0 Å². The molecule has 0 saturated carbocycles. The van der Waals surface area contributed by atoms with Crippen LogP contribution in [0.25, 0.3) is 22.2 Å². The number of hydrogen-bond donors (Lipinski definition) is 1. The quantitative estimate of drug-likeness (QED) is 0.504. The number of aromatic amines is 1. The molecule has 9 nitrogen and oxygen atoms in total. The van der Waals surface area contributed by atoms with E-state index in [0.717, 1.165) is 0 Å². The van der Waals surface area contributed by atoms with Crippen LogP contribution in [0.1, 0.15) is 33.6 Å². The third-order valence-corrected chi connectivity index (χ3v) is 4.91. The van der Waals surface area contributed by atoms with Crippen molar-refractivity contribution in [1.29, 1.82) is 0 Å². The summed E-state index contributed by atoms with van der Waals surface area (Å²) in [4.78, 5) is 46.0. The van der Waals surface area contributed by atoms with Crippen LogP contribution in [0.15, 0.2) is 46.2 Å². The average molecular weight is 425 g/mol. The smallest absolute Gasteiger partial charge is 0.411 e. The molecule has 9 heteroatoms. The van der Waals surface area contributed by atoms with E-state index in [2.05, 4.69) is 9.97 Å². The minimum atomic E-state index is -0.722. The molecule has 1 N–H and O–H groups in total. The number of carbonyl (C=O) groups excluding carboxylic acids is 2. The Labute approximate surface area is 178 Å². The number of esters is 1. The molecule has 162 valence electrons. The minimum absolute atomic E-state index is 0.227. The number of likely N-dealkylation sites (tertiary alicyclic amines) is 1. The van der Waals surface area contributed by atoms with Gasteiger partial charge in [0.25, 0.3) is 0 Å². The highest BCUT2D eigenvalue weighted by Crippen LogP contribution is 2.25. The van der Waals surface area contributed by atoms with Gasteiger partial charge in [0.05, 0.1) is 29.2 Å². The number of fused-ring (bicyclic) bond motifs is 1. The summed E-state index contributed by atoms with van der Waals surface area (Å²) in [5.41, 5.74) is 0.312.